The number of cyclic esters (lactones) is 2. The molecule has 4 amide bonds. The number of aliphatic hydroxyl groups is 2. The largest absolute Gasteiger partial charge is 0.493 e. The highest BCUT2D eigenvalue weighted by Crippen LogP contribution is 2.43. The maximum Gasteiger partial charge on any atom is 0.416 e. The fourth-order valence-electron chi connectivity index (χ4n) is 7.31. The van der Waals surface area contributed by atoms with Gasteiger partial charge in [0.1, 0.15) is 13.2 Å². The number of benzene rings is 4. The Kier molecular flexibility index (Phi) is 12.4. The Bertz CT molecular complexity index is 1880. The highest BCUT2D eigenvalue weighted by Gasteiger charge is 2.53. The minimum absolute atomic E-state index is 0.0929. The van der Waals surface area contributed by atoms with Gasteiger partial charge in [0.15, 0.2) is 23.0 Å². The number of methoxy groups -OCH3 is 4. The van der Waals surface area contributed by atoms with E-state index in [1.807, 2.05) is 60.7 Å². The van der Waals surface area contributed by atoms with E-state index in [0.29, 0.717) is 11.5 Å². The molecular weight excluding hydrogens is 724 g/mol. The number of imide groups is 2. The van der Waals surface area contributed by atoms with Gasteiger partial charge < -0.3 is 38.6 Å². The third-order valence-corrected chi connectivity index (χ3v) is 10.2. The fourth-order valence-corrected chi connectivity index (χ4v) is 7.31. The number of hydrogen-bond acceptors (Lipinski definition) is 12. The lowest BCUT2D eigenvalue weighted by Crippen LogP contribution is -2.53. The van der Waals surface area contributed by atoms with Crippen molar-refractivity contribution in [2.45, 2.75) is 37.1 Å². The Morgan fingerprint density at radius 3 is 1.29 bits per heavy atom. The van der Waals surface area contributed by atoms with Crippen LogP contribution in [0.5, 0.6) is 23.0 Å². The van der Waals surface area contributed by atoms with Crippen LogP contribution in [0.4, 0.5) is 9.59 Å². The number of carbonyl (C=O) groups excluding carboxylic acids is 4. The molecule has 14 heteroatoms. The van der Waals surface area contributed by atoms with Gasteiger partial charge >= 0.3 is 12.2 Å². The molecule has 0 radical (unpaired) electrons. The molecule has 14 nitrogen and oxygen atoms in total. The van der Waals surface area contributed by atoms with Crippen molar-refractivity contribution in [3.63, 3.8) is 0 Å². The van der Waals surface area contributed by atoms with Gasteiger partial charge in [-0.3, -0.25) is 9.59 Å². The van der Waals surface area contributed by atoms with Gasteiger partial charge in [-0.2, -0.15) is 0 Å². The molecule has 56 heavy (non-hydrogen) atoms. The number of nitrogens with zero attached hydrogens (tertiary/aromatic N) is 2. The molecular formula is C42H44N2O12. The minimum atomic E-state index is -1.90. The molecule has 2 fully saturated rings. The standard InChI is InChI=1S/C42H44N2O12/c1-51-31-17-15-27(21-33(31)53-3)37(45)35(39(47)43-29(23-55-41(43)49)19-25-11-7-5-8-12-25)36(38(46)28-16-18-32(52-2)34(22-28)54-4)40(48)44-30(24-56-42(44)50)20-26-13-9-6-10-14-26/h5-18,21-22,29-30,35-38,45-46H,19-20,23-24H2,1-4H3/t29-,30-,35-,36-,37+,38+/m1/s1. The molecule has 2 N–H and O–H groups in total. The van der Waals surface area contributed by atoms with E-state index in [4.69, 9.17) is 28.4 Å². The van der Waals surface area contributed by atoms with Crippen molar-refractivity contribution in [2.75, 3.05) is 41.7 Å². The first kappa shape index (κ1) is 39.6. The molecule has 0 spiro atoms. The van der Waals surface area contributed by atoms with Crippen LogP contribution in [0.25, 0.3) is 0 Å². The average Bonchev–Trinajstić information content (AvgIpc) is 3.78. The van der Waals surface area contributed by atoms with Crippen molar-refractivity contribution in [3.8, 4) is 23.0 Å². The lowest BCUT2D eigenvalue weighted by atomic mass is 9.76. The van der Waals surface area contributed by atoms with Crippen LogP contribution in [-0.2, 0) is 31.9 Å². The summed E-state index contributed by atoms with van der Waals surface area (Å²) in [6.45, 7) is -0.319. The number of amides is 4. The van der Waals surface area contributed by atoms with Crippen LogP contribution in [0, 0.1) is 11.8 Å². The number of aliphatic hydroxyl groups excluding tert-OH is 2. The first-order valence-electron chi connectivity index (χ1n) is 18.0. The lowest BCUT2D eigenvalue weighted by molar-refractivity contribution is -0.155. The lowest BCUT2D eigenvalue weighted by Gasteiger charge is -2.37. The molecule has 6 atom stereocenters. The average molecular weight is 769 g/mol. The van der Waals surface area contributed by atoms with Crippen LogP contribution >= 0.6 is 0 Å². The van der Waals surface area contributed by atoms with E-state index >= 15 is 9.59 Å². The Morgan fingerprint density at radius 1 is 0.589 bits per heavy atom. The maximum absolute atomic E-state index is 15.2. The van der Waals surface area contributed by atoms with Crippen molar-refractivity contribution < 1.29 is 57.8 Å². The van der Waals surface area contributed by atoms with Gasteiger partial charge in [0.05, 0.1) is 64.6 Å². The van der Waals surface area contributed by atoms with Gasteiger partial charge in [-0.05, 0) is 59.4 Å². The van der Waals surface area contributed by atoms with Crippen molar-refractivity contribution in [2.24, 2.45) is 11.8 Å². The van der Waals surface area contributed by atoms with Gasteiger partial charge in [-0.15, -0.1) is 0 Å². The van der Waals surface area contributed by atoms with Crippen LogP contribution in [0.15, 0.2) is 97.1 Å². The molecule has 0 bridgehead atoms. The van der Waals surface area contributed by atoms with E-state index in [-0.39, 0.29) is 48.7 Å². The summed E-state index contributed by atoms with van der Waals surface area (Å²) in [5.74, 6) is -4.80. The molecule has 2 aliphatic rings. The van der Waals surface area contributed by atoms with Crippen molar-refractivity contribution in [1.29, 1.82) is 0 Å². The zero-order valence-electron chi connectivity index (χ0n) is 31.4. The summed E-state index contributed by atoms with van der Waals surface area (Å²) in [6, 6.07) is 25.4. The zero-order chi connectivity index (χ0) is 39.9. The number of rotatable bonds is 15. The molecule has 2 heterocycles. The second-order valence-electron chi connectivity index (χ2n) is 13.4. The first-order chi connectivity index (χ1) is 27.1. The molecule has 0 unspecified atom stereocenters. The molecule has 6 rings (SSSR count). The molecule has 2 saturated heterocycles. The van der Waals surface area contributed by atoms with E-state index < -0.39 is 60.1 Å². The van der Waals surface area contributed by atoms with Gasteiger partial charge in [0.25, 0.3) is 0 Å². The third-order valence-electron chi connectivity index (χ3n) is 10.2. The second-order valence-corrected chi connectivity index (χ2v) is 13.4. The molecule has 0 saturated carbocycles. The second kappa shape index (κ2) is 17.6. The summed E-state index contributed by atoms with van der Waals surface area (Å²) < 4.78 is 32.6. The minimum Gasteiger partial charge on any atom is -0.493 e. The zero-order valence-corrected chi connectivity index (χ0v) is 31.4. The van der Waals surface area contributed by atoms with Crippen molar-refractivity contribution in [1.82, 2.24) is 9.80 Å². The van der Waals surface area contributed by atoms with Crippen LogP contribution in [0.2, 0.25) is 0 Å². The van der Waals surface area contributed by atoms with E-state index in [0.717, 1.165) is 20.9 Å². The number of ether oxygens (including phenoxy) is 6. The Labute approximate surface area is 324 Å². The van der Waals surface area contributed by atoms with Gasteiger partial charge in [0.2, 0.25) is 11.8 Å². The third kappa shape index (κ3) is 8.11. The van der Waals surface area contributed by atoms with E-state index in [9.17, 15) is 19.8 Å². The van der Waals surface area contributed by atoms with Crippen LogP contribution in [-0.4, -0.2) is 97.8 Å². The predicted molar refractivity (Wildman–Crippen MR) is 200 cm³/mol. The molecule has 4 aromatic rings. The SMILES string of the molecule is COc1ccc([C@H](O)[C@H](C(=O)N2C(=O)OC[C@H]2Cc2ccccc2)[C@@H](C(=O)N2C(=O)OC[C@H]2Cc2ccccc2)[C@@H](O)c2ccc(OC)c(OC)c2)cc1OC. The van der Waals surface area contributed by atoms with E-state index in [1.54, 1.807) is 0 Å². The van der Waals surface area contributed by atoms with Crippen molar-refractivity contribution >= 4 is 24.0 Å². The summed E-state index contributed by atoms with van der Waals surface area (Å²) >= 11 is 0. The van der Waals surface area contributed by atoms with Crippen LogP contribution in [0.1, 0.15) is 34.5 Å². The number of hydrogen-bond donors (Lipinski definition) is 2. The molecule has 4 aromatic carbocycles. The maximum atomic E-state index is 15.2. The summed E-state index contributed by atoms with van der Waals surface area (Å²) in [5.41, 5.74) is 1.78. The van der Waals surface area contributed by atoms with E-state index in [1.165, 1.54) is 64.8 Å². The predicted octanol–water partition coefficient (Wildman–Crippen LogP) is 4.90. The number of carbonyl (C=O) groups is 4. The van der Waals surface area contributed by atoms with Gasteiger partial charge in [0, 0.05) is 0 Å². The molecule has 0 aliphatic carbocycles. The molecule has 2 aliphatic heterocycles. The molecule has 0 aromatic heterocycles. The van der Waals surface area contributed by atoms with E-state index in [2.05, 4.69) is 0 Å². The summed E-state index contributed by atoms with van der Waals surface area (Å²) in [7, 11) is 5.65. The normalized spacial score (nSPS) is 18.7. The Hall–Kier alpha value is -6.12. The highest BCUT2D eigenvalue weighted by atomic mass is 16.6. The van der Waals surface area contributed by atoms with Gasteiger partial charge in [-0.25, -0.2) is 19.4 Å². The topological polar surface area (TPSA) is 171 Å². The van der Waals surface area contributed by atoms with Gasteiger partial charge in [-0.1, -0.05) is 72.8 Å². The smallest absolute Gasteiger partial charge is 0.416 e. The first-order valence-corrected chi connectivity index (χ1v) is 18.0. The Balaban J connectivity index is 1.52. The highest BCUT2D eigenvalue weighted by molar-refractivity contribution is 6.01. The molecule has 294 valence electrons. The quantitative estimate of drug-likeness (QED) is 0.168. The fraction of sp³-hybridized carbons (Fsp3) is 0.333. The van der Waals surface area contributed by atoms with Crippen LogP contribution in [0.3, 0.4) is 0 Å². The van der Waals surface area contributed by atoms with Crippen molar-refractivity contribution in [3.05, 3.63) is 119 Å². The Morgan fingerprint density at radius 2 is 0.946 bits per heavy atom. The monoisotopic (exact) mass is 768 g/mol. The summed E-state index contributed by atoms with van der Waals surface area (Å²) in [4.78, 5) is 59.2. The summed E-state index contributed by atoms with van der Waals surface area (Å²) in [6.07, 6.45) is -5.33. The summed E-state index contributed by atoms with van der Waals surface area (Å²) in [5, 5.41) is 24.9. The van der Waals surface area contributed by atoms with Crippen LogP contribution < -0.4 is 18.9 Å².